The van der Waals surface area contributed by atoms with Crippen LogP contribution in [-0.2, 0) is 13.1 Å². The maximum absolute atomic E-state index is 14.2. The molecule has 0 aromatic carbocycles. The van der Waals surface area contributed by atoms with Gasteiger partial charge in [0.15, 0.2) is 11.5 Å². The van der Waals surface area contributed by atoms with Gasteiger partial charge in [0.25, 0.3) is 5.91 Å². The van der Waals surface area contributed by atoms with Crippen molar-refractivity contribution in [3.05, 3.63) is 39.4 Å². The number of anilines is 2. The molecule has 1 atom stereocenters. The van der Waals surface area contributed by atoms with Gasteiger partial charge in [0.2, 0.25) is 11.9 Å². The van der Waals surface area contributed by atoms with E-state index in [-0.39, 0.29) is 18.5 Å². The van der Waals surface area contributed by atoms with Gasteiger partial charge in [0.1, 0.15) is 5.82 Å². The number of fused-ring (bicyclic) bond motifs is 4. The van der Waals surface area contributed by atoms with E-state index in [1.54, 1.807) is 4.90 Å². The lowest BCUT2D eigenvalue weighted by Crippen LogP contribution is -2.51. The summed E-state index contributed by atoms with van der Waals surface area (Å²) in [4.78, 5) is 39.6. The minimum Gasteiger partial charge on any atom is -0.341 e. The molecule has 1 saturated heterocycles. The first-order valence-corrected chi connectivity index (χ1v) is 13.3. The van der Waals surface area contributed by atoms with Gasteiger partial charge in [-0.3, -0.25) is 19.6 Å². The van der Waals surface area contributed by atoms with Crippen LogP contribution < -0.4 is 26.1 Å². The Balaban J connectivity index is 1.43. The monoisotopic (exact) mass is 501 g/mol. The molecule has 0 radical (unpaired) electrons. The summed E-state index contributed by atoms with van der Waals surface area (Å²) < 4.78 is 2.06. The van der Waals surface area contributed by atoms with Gasteiger partial charge in [-0.1, -0.05) is 23.8 Å². The number of allylic oxidation sites excluding steroid dienone is 2. The van der Waals surface area contributed by atoms with Crippen molar-refractivity contribution in [3.63, 3.8) is 0 Å². The highest BCUT2D eigenvalue weighted by molar-refractivity contribution is 6.18. The van der Waals surface area contributed by atoms with Crippen LogP contribution in [0.3, 0.4) is 0 Å². The molecule has 5 heterocycles. The van der Waals surface area contributed by atoms with Crippen LogP contribution in [0.4, 0.5) is 11.8 Å². The van der Waals surface area contributed by atoms with Gasteiger partial charge in [0, 0.05) is 43.1 Å². The Hall–Kier alpha value is -3.53. The number of rotatable bonds is 5. The predicted molar refractivity (Wildman–Crippen MR) is 145 cm³/mol. The van der Waals surface area contributed by atoms with Crippen molar-refractivity contribution in [2.24, 2.45) is 10.7 Å². The highest BCUT2D eigenvalue weighted by Crippen LogP contribution is 2.35. The number of imidazole rings is 1. The smallest absolute Gasteiger partial charge is 0.281 e. The van der Waals surface area contributed by atoms with Crippen LogP contribution in [0.2, 0.25) is 0 Å². The summed E-state index contributed by atoms with van der Waals surface area (Å²) in [5, 5.41) is 2.06. The van der Waals surface area contributed by atoms with E-state index in [1.807, 2.05) is 6.92 Å². The number of aryl methyl sites for hydroxylation is 1. The average molecular weight is 502 g/mol. The highest BCUT2D eigenvalue weighted by atomic mass is 16.2. The van der Waals surface area contributed by atoms with Crippen molar-refractivity contribution in [1.82, 2.24) is 24.4 Å². The number of aliphatic imine (C=N–C) groups is 1. The van der Waals surface area contributed by atoms with Gasteiger partial charge in [-0.25, -0.2) is 9.97 Å². The lowest BCUT2D eigenvalue weighted by molar-refractivity contribution is 0.0820. The van der Waals surface area contributed by atoms with Crippen LogP contribution in [0.15, 0.2) is 16.6 Å². The first-order valence-electron chi connectivity index (χ1n) is 13.3. The number of hydrogen-bond acceptors (Lipinski definition) is 8. The topological polar surface area (TPSA) is 109 Å². The zero-order valence-electron chi connectivity index (χ0n) is 21.9. The van der Waals surface area contributed by atoms with Crippen molar-refractivity contribution in [2.45, 2.75) is 65.6 Å². The number of amides is 1. The molecule has 10 heteroatoms. The molecule has 1 aliphatic carbocycles. The Morgan fingerprint density at radius 1 is 1.16 bits per heavy atom. The predicted octanol–water partition coefficient (Wildman–Crippen LogP) is 1.06. The summed E-state index contributed by atoms with van der Waals surface area (Å²) in [6.07, 6.45) is 10.5. The van der Waals surface area contributed by atoms with Crippen molar-refractivity contribution in [1.29, 1.82) is 0 Å². The highest BCUT2D eigenvalue weighted by Gasteiger charge is 2.43. The maximum atomic E-state index is 14.2. The fraction of sp³-hybridized carbons (Fsp3) is 0.519. The number of carbonyl (C=O) groups excluding carboxylic acids is 1. The van der Waals surface area contributed by atoms with Crippen LogP contribution in [0.5, 0.6) is 0 Å². The zero-order valence-corrected chi connectivity index (χ0v) is 21.9. The third kappa shape index (κ3) is 4.22. The number of aromatic nitrogens is 4. The molecule has 6 rings (SSSR count). The molecule has 10 nitrogen and oxygen atoms in total. The first kappa shape index (κ1) is 23.8. The molecule has 194 valence electrons. The van der Waals surface area contributed by atoms with Crippen LogP contribution in [-0.4, -0.2) is 68.5 Å². The molecule has 2 N–H and O–H groups in total. The van der Waals surface area contributed by atoms with Gasteiger partial charge in [-0.2, -0.15) is 4.98 Å². The van der Waals surface area contributed by atoms with E-state index in [9.17, 15) is 4.79 Å². The maximum Gasteiger partial charge on any atom is 0.281 e. The van der Waals surface area contributed by atoms with E-state index in [1.165, 1.54) is 5.57 Å². The SMILES string of the molecule is CC(C)=CCn1c(N2CCC[C@@H](N)C2)nc2c1C(=O)N(Cc1nc(C)c3c(n1)=CCCC=3)C1=NCCN12. The van der Waals surface area contributed by atoms with Crippen LogP contribution in [0.25, 0.3) is 12.2 Å². The molecule has 2 aromatic heterocycles. The number of nitrogens with two attached hydrogens (primary N) is 1. The lowest BCUT2D eigenvalue weighted by atomic mass is 10.1. The second kappa shape index (κ2) is 9.41. The molecule has 2 aromatic rings. The molecule has 1 amide bonds. The Morgan fingerprint density at radius 3 is 2.81 bits per heavy atom. The molecule has 0 unspecified atom stereocenters. The van der Waals surface area contributed by atoms with E-state index < -0.39 is 0 Å². The number of hydrogen-bond donors (Lipinski definition) is 1. The van der Waals surface area contributed by atoms with Crippen molar-refractivity contribution in [3.8, 4) is 0 Å². The van der Waals surface area contributed by atoms with Crippen LogP contribution >= 0.6 is 0 Å². The second-order valence-corrected chi connectivity index (χ2v) is 10.6. The Bertz CT molecular complexity index is 1430. The number of guanidine groups is 1. The summed E-state index contributed by atoms with van der Waals surface area (Å²) in [6.45, 7) is 9.93. The van der Waals surface area contributed by atoms with Crippen molar-refractivity contribution < 1.29 is 4.79 Å². The second-order valence-electron chi connectivity index (χ2n) is 10.6. The van der Waals surface area contributed by atoms with Gasteiger partial charge >= 0.3 is 0 Å². The Kier molecular flexibility index (Phi) is 6.06. The van der Waals surface area contributed by atoms with Crippen molar-refractivity contribution >= 4 is 35.8 Å². The molecular formula is C27H35N9O. The van der Waals surface area contributed by atoms with Gasteiger partial charge in [0.05, 0.1) is 18.4 Å². The molecule has 0 saturated carbocycles. The Morgan fingerprint density at radius 2 is 2.00 bits per heavy atom. The molecule has 37 heavy (non-hydrogen) atoms. The van der Waals surface area contributed by atoms with E-state index in [4.69, 9.17) is 25.7 Å². The van der Waals surface area contributed by atoms with E-state index in [0.717, 1.165) is 61.0 Å². The Labute approximate surface area is 216 Å². The van der Waals surface area contributed by atoms with E-state index in [2.05, 4.69) is 46.4 Å². The standard InChI is InChI=1S/C27H35N9O/c1-17(2)10-13-34-23-24(32-27(34)33-12-6-7-19(28)15-33)35-14-11-29-26(35)36(25(23)37)16-22-30-18(3)20-8-4-5-9-21(20)31-22/h8-10,19H,4-7,11-16,28H2,1-3H3/t19-/m1/s1. The molecular weight excluding hydrogens is 466 g/mol. The summed E-state index contributed by atoms with van der Waals surface area (Å²) in [7, 11) is 0. The van der Waals surface area contributed by atoms with Crippen LogP contribution in [0.1, 0.15) is 61.5 Å². The fourth-order valence-corrected chi connectivity index (χ4v) is 5.67. The van der Waals surface area contributed by atoms with Crippen LogP contribution in [0, 0.1) is 6.92 Å². The zero-order chi connectivity index (χ0) is 25.7. The normalized spacial score (nSPS) is 20.5. The van der Waals surface area contributed by atoms with E-state index in [0.29, 0.717) is 42.9 Å². The minimum absolute atomic E-state index is 0.105. The molecule has 0 spiro atoms. The van der Waals surface area contributed by atoms with Gasteiger partial charge in [-0.05, 0) is 46.5 Å². The number of piperidine rings is 1. The van der Waals surface area contributed by atoms with Crippen molar-refractivity contribution in [2.75, 3.05) is 36.0 Å². The first-order chi connectivity index (χ1) is 17.9. The summed E-state index contributed by atoms with van der Waals surface area (Å²) >= 11 is 0. The van der Waals surface area contributed by atoms with E-state index >= 15 is 0 Å². The average Bonchev–Trinajstić information content (AvgIpc) is 3.50. The van der Waals surface area contributed by atoms with Gasteiger partial charge in [-0.15, -0.1) is 0 Å². The quantitative estimate of drug-likeness (QED) is 0.611. The number of carbonyl (C=O) groups is 1. The third-order valence-electron chi connectivity index (χ3n) is 7.48. The largest absolute Gasteiger partial charge is 0.341 e. The molecule has 0 bridgehead atoms. The third-order valence-corrected chi connectivity index (χ3v) is 7.48. The fourth-order valence-electron chi connectivity index (χ4n) is 5.67. The lowest BCUT2D eigenvalue weighted by Gasteiger charge is -2.33. The molecule has 1 fully saturated rings. The molecule has 3 aliphatic heterocycles. The van der Waals surface area contributed by atoms with Gasteiger partial charge < -0.3 is 15.2 Å². The summed E-state index contributed by atoms with van der Waals surface area (Å²) in [6, 6.07) is 0.105. The molecule has 4 aliphatic rings. The summed E-state index contributed by atoms with van der Waals surface area (Å²) in [5.41, 5.74) is 9.06. The minimum atomic E-state index is -0.108. The number of nitrogens with zero attached hydrogens (tertiary/aromatic N) is 8. The summed E-state index contributed by atoms with van der Waals surface area (Å²) in [5.74, 6) is 2.67.